The van der Waals surface area contributed by atoms with Gasteiger partial charge in [0.25, 0.3) is 5.91 Å². The molecule has 0 saturated carbocycles. The van der Waals surface area contributed by atoms with Crippen LogP contribution in [-0.4, -0.2) is 25.4 Å². The van der Waals surface area contributed by atoms with Crippen molar-refractivity contribution < 1.29 is 4.79 Å². The zero-order valence-corrected chi connectivity index (χ0v) is 14.9. The number of primary amides is 1. The van der Waals surface area contributed by atoms with E-state index in [-0.39, 0.29) is 11.2 Å². The van der Waals surface area contributed by atoms with Gasteiger partial charge in [-0.1, -0.05) is 35.9 Å². The van der Waals surface area contributed by atoms with E-state index in [9.17, 15) is 9.59 Å². The lowest BCUT2D eigenvalue weighted by Crippen LogP contribution is -2.15. The lowest BCUT2D eigenvalue weighted by atomic mass is 10.1. The summed E-state index contributed by atoms with van der Waals surface area (Å²) >= 11 is 0. The van der Waals surface area contributed by atoms with E-state index < -0.39 is 11.6 Å². The number of nitrogens with one attached hydrogen (secondary N) is 1. The van der Waals surface area contributed by atoms with Gasteiger partial charge in [-0.3, -0.25) is 4.79 Å². The van der Waals surface area contributed by atoms with Crippen molar-refractivity contribution in [3.8, 4) is 17.1 Å². The molecule has 2 aromatic heterocycles. The maximum Gasteiger partial charge on any atom is 0.332 e. The van der Waals surface area contributed by atoms with Crippen LogP contribution >= 0.6 is 0 Å². The fourth-order valence-corrected chi connectivity index (χ4v) is 3.08. The van der Waals surface area contributed by atoms with E-state index in [1.54, 1.807) is 6.07 Å². The van der Waals surface area contributed by atoms with Crippen LogP contribution in [0.15, 0.2) is 53.3 Å². The number of benzene rings is 2. The Bertz CT molecular complexity index is 1250. The molecule has 0 saturated heterocycles. The monoisotopic (exact) mass is 359 g/mol. The Morgan fingerprint density at radius 2 is 1.74 bits per heavy atom. The van der Waals surface area contributed by atoms with Crippen molar-refractivity contribution in [2.24, 2.45) is 5.73 Å². The lowest BCUT2D eigenvalue weighted by molar-refractivity contribution is 0.0997. The predicted molar refractivity (Wildman–Crippen MR) is 103 cm³/mol. The van der Waals surface area contributed by atoms with Crippen molar-refractivity contribution in [2.75, 3.05) is 0 Å². The molecular formula is C20H17N5O2. The van der Waals surface area contributed by atoms with Crippen LogP contribution in [-0.2, 0) is 0 Å². The summed E-state index contributed by atoms with van der Waals surface area (Å²) in [5.74, 6) is -0.394. The van der Waals surface area contributed by atoms with Crippen molar-refractivity contribution in [3.63, 3.8) is 0 Å². The predicted octanol–water partition coefficient (Wildman–Crippen LogP) is 2.49. The Morgan fingerprint density at radius 1 is 1.04 bits per heavy atom. The van der Waals surface area contributed by atoms with Gasteiger partial charge < -0.3 is 10.7 Å². The molecule has 0 aliphatic rings. The standard InChI is InChI=1S/C20H17N5O2/c1-11-5-3-7-13(9-11)18-22-15(17(21)26)16-19(24-18)25(20(27)23-16)14-8-4-6-12(2)10-14/h3-10H,1-2H3,(H2,21,26)(H,23,27). The smallest absolute Gasteiger partial charge is 0.332 e. The number of rotatable bonds is 3. The second kappa shape index (κ2) is 6.21. The average molecular weight is 359 g/mol. The number of nitrogens with zero attached hydrogens (tertiary/aromatic N) is 3. The van der Waals surface area contributed by atoms with Crippen LogP contribution in [0.3, 0.4) is 0 Å². The number of hydrogen-bond donors (Lipinski definition) is 2. The molecule has 0 bridgehead atoms. The van der Waals surface area contributed by atoms with Gasteiger partial charge in [-0.25, -0.2) is 19.3 Å². The highest BCUT2D eigenvalue weighted by atomic mass is 16.2. The first-order valence-electron chi connectivity index (χ1n) is 8.40. The molecule has 0 spiro atoms. The molecule has 3 N–H and O–H groups in total. The molecule has 134 valence electrons. The third-order valence-corrected chi connectivity index (χ3v) is 4.31. The van der Waals surface area contributed by atoms with Gasteiger partial charge in [0, 0.05) is 5.56 Å². The third-order valence-electron chi connectivity index (χ3n) is 4.31. The SMILES string of the molecule is Cc1cccc(-c2nc(C(N)=O)c3[nH]c(=O)n(-c4cccc(C)c4)c3n2)c1. The highest BCUT2D eigenvalue weighted by Gasteiger charge is 2.20. The number of aromatic nitrogens is 4. The Kier molecular flexibility index (Phi) is 3.84. The van der Waals surface area contributed by atoms with Gasteiger partial charge >= 0.3 is 5.69 Å². The molecule has 0 atom stereocenters. The Labute approximate surface area is 154 Å². The lowest BCUT2D eigenvalue weighted by Gasteiger charge is -2.07. The van der Waals surface area contributed by atoms with Gasteiger partial charge in [0.15, 0.2) is 17.2 Å². The van der Waals surface area contributed by atoms with Gasteiger partial charge in [-0.05, 0) is 37.6 Å². The summed E-state index contributed by atoms with van der Waals surface area (Å²) in [5, 5.41) is 0. The van der Waals surface area contributed by atoms with Gasteiger partial charge in [0.05, 0.1) is 5.69 Å². The zero-order chi connectivity index (χ0) is 19.1. The Balaban J connectivity index is 2.08. The maximum atomic E-state index is 12.6. The Hall–Kier alpha value is -3.74. The molecule has 7 heteroatoms. The number of H-pyrrole nitrogens is 1. The van der Waals surface area contributed by atoms with E-state index in [2.05, 4.69) is 15.0 Å². The molecule has 4 rings (SSSR count). The van der Waals surface area contributed by atoms with Crippen molar-refractivity contribution >= 4 is 17.1 Å². The van der Waals surface area contributed by atoms with Crippen LogP contribution in [0.4, 0.5) is 0 Å². The first kappa shape index (κ1) is 16.7. The molecule has 0 fully saturated rings. The molecule has 0 unspecified atom stereocenters. The number of nitrogens with two attached hydrogens (primary N) is 1. The minimum atomic E-state index is -0.728. The number of carbonyl (C=O) groups excluding carboxylic acids is 1. The molecule has 2 aromatic carbocycles. The normalized spacial score (nSPS) is 11.0. The quantitative estimate of drug-likeness (QED) is 0.586. The summed E-state index contributed by atoms with van der Waals surface area (Å²) < 4.78 is 1.43. The number of imidazole rings is 1. The first-order valence-corrected chi connectivity index (χ1v) is 8.40. The van der Waals surface area contributed by atoms with Crippen LogP contribution < -0.4 is 11.4 Å². The van der Waals surface area contributed by atoms with Crippen LogP contribution in [0.5, 0.6) is 0 Å². The third kappa shape index (κ3) is 2.89. The number of carbonyl (C=O) groups is 1. The molecule has 0 aliphatic carbocycles. The summed E-state index contributed by atoms with van der Waals surface area (Å²) in [6.45, 7) is 3.89. The topological polar surface area (TPSA) is 107 Å². The second-order valence-electron chi connectivity index (χ2n) is 6.43. The Morgan fingerprint density at radius 3 is 2.41 bits per heavy atom. The number of aromatic amines is 1. The first-order chi connectivity index (χ1) is 12.9. The van der Waals surface area contributed by atoms with E-state index >= 15 is 0 Å². The highest BCUT2D eigenvalue weighted by molar-refractivity contribution is 6.02. The van der Waals surface area contributed by atoms with Gasteiger partial charge in [0.2, 0.25) is 0 Å². The van der Waals surface area contributed by atoms with Crippen LogP contribution in [0.2, 0.25) is 0 Å². The fraction of sp³-hybridized carbons (Fsp3) is 0.100. The minimum Gasteiger partial charge on any atom is -0.364 e. The van der Waals surface area contributed by atoms with Crippen molar-refractivity contribution in [1.82, 2.24) is 19.5 Å². The second-order valence-corrected chi connectivity index (χ2v) is 6.43. The summed E-state index contributed by atoms with van der Waals surface area (Å²) in [6.07, 6.45) is 0. The van der Waals surface area contributed by atoms with Crippen molar-refractivity contribution in [2.45, 2.75) is 13.8 Å². The zero-order valence-electron chi connectivity index (χ0n) is 14.9. The molecule has 27 heavy (non-hydrogen) atoms. The van der Waals surface area contributed by atoms with E-state index in [1.807, 2.05) is 56.3 Å². The molecule has 7 nitrogen and oxygen atoms in total. The van der Waals surface area contributed by atoms with E-state index in [0.717, 1.165) is 16.7 Å². The van der Waals surface area contributed by atoms with Crippen LogP contribution in [0, 0.1) is 13.8 Å². The maximum absolute atomic E-state index is 12.6. The number of aryl methyl sites for hydroxylation is 2. The summed E-state index contributed by atoms with van der Waals surface area (Å²) in [4.78, 5) is 36.1. The molecule has 0 radical (unpaired) electrons. The summed E-state index contributed by atoms with van der Waals surface area (Å²) in [5.41, 5.74) is 9.05. The number of amides is 1. The van der Waals surface area contributed by atoms with E-state index in [0.29, 0.717) is 17.2 Å². The van der Waals surface area contributed by atoms with Crippen LogP contribution in [0.1, 0.15) is 21.6 Å². The number of fused-ring (bicyclic) bond motifs is 1. The highest BCUT2D eigenvalue weighted by Crippen LogP contribution is 2.22. The van der Waals surface area contributed by atoms with Crippen molar-refractivity contribution in [3.05, 3.63) is 75.8 Å². The minimum absolute atomic E-state index is 0.0139. The summed E-state index contributed by atoms with van der Waals surface area (Å²) in [6, 6.07) is 15.1. The van der Waals surface area contributed by atoms with Gasteiger partial charge in [-0.15, -0.1) is 0 Å². The van der Waals surface area contributed by atoms with E-state index in [1.165, 1.54) is 4.57 Å². The van der Waals surface area contributed by atoms with Gasteiger partial charge in [0.1, 0.15) is 5.52 Å². The largest absolute Gasteiger partial charge is 0.364 e. The molecule has 2 heterocycles. The number of hydrogen-bond acceptors (Lipinski definition) is 4. The molecule has 0 aliphatic heterocycles. The average Bonchev–Trinajstić information content (AvgIpc) is 2.96. The fourth-order valence-electron chi connectivity index (χ4n) is 3.08. The molecule has 4 aromatic rings. The van der Waals surface area contributed by atoms with Crippen LogP contribution in [0.25, 0.3) is 28.2 Å². The van der Waals surface area contributed by atoms with Gasteiger partial charge in [-0.2, -0.15) is 0 Å². The molecular weight excluding hydrogens is 342 g/mol. The molecule has 1 amide bonds. The van der Waals surface area contributed by atoms with Crippen molar-refractivity contribution in [1.29, 1.82) is 0 Å². The summed E-state index contributed by atoms with van der Waals surface area (Å²) in [7, 11) is 0. The van der Waals surface area contributed by atoms with E-state index in [4.69, 9.17) is 5.73 Å².